The minimum atomic E-state index is -0.177. The highest BCUT2D eigenvalue weighted by molar-refractivity contribution is 6.06. The molecule has 0 saturated heterocycles. The van der Waals surface area contributed by atoms with Crippen LogP contribution >= 0.6 is 0 Å². The molecule has 3 aromatic rings. The molecule has 0 aliphatic rings. The van der Waals surface area contributed by atoms with Gasteiger partial charge in [-0.15, -0.1) is 0 Å². The summed E-state index contributed by atoms with van der Waals surface area (Å²) in [5.74, 6) is -0.177. The molecule has 0 aliphatic carbocycles. The number of aromatic nitrogens is 4. The summed E-state index contributed by atoms with van der Waals surface area (Å²) in [6.07, 6.45) is 4.50. The Kier molecular flexibility index (Phi) is 2.86. The molecule has 0 fully saturated rings. The van der Waals surface area contributed by atoms with Gasteiger partial charge in [0.25, 0.3) is 0 Å². The molecule has 0 aliphatic heterocycles. The number of ketones is 1. The second-order valence-electron chi connectivity index (χ2n) is 3.89. The normalized spacial score (nSPS) is 10.3. The molecule has 3 rings (SSSR count). The molecule has 0 radical (unpaired) electrons. The van der Waals surface area contributed by atoms with Crippen LogP contribution in [0.1, 0.15) is 16.2 Å². The van der Waals surface area contributed by atoms with Crippen LogP contribution in [0.4, 0.5) is 0 Å². The number of carbonyl (C=O) groups is 1. The lowest BCUT2D eigenvalue weighted by molar-refractivity contribution is 0.102. The van der Waals surface area contributed by atoms with E-state index >= 15 is 0 Å². The Balaban J connectivity index is 2.04. The van der Waals surface area contributed by atoms with Gasteiger partial charge in [0, 0.05) is 6.20 Å². The molecule has 0 amide bonds. The van der Waals surface area contributed by atoms with Crippen molar-refractivity contribution in [2.24, 2.45) is 0 Å². The summed E-state index contributed by atoms with van der Waals surface area (Å²) >= 11 is 0. The lowest BCUT2D eigenvalue weighted by Gasteiger charge is -2.05. The van der Waals surface area contributed by atoms with Gasteiger partial charge >= 0.3 is 0 Å². The number of hydrogen-bond donors (Lipinski definition) is 0. The molecular weight excluding hydrogens is 240 g/mol. The fraction of sp³-hybridized carbons (Fsp3) is 0. The van der Waals surface area contributed by atoms with Crippen molar-refractivity contribution in [2.45, 2.75) is 0 Å². The van der Waals surface area contributed by atoms with Crippen molar-refractivity contribution in [3.63, 3.8) is 0 Å². The zero-order chi connectivity index (χ0) is 13.1. The van der Waals surface area contributed by atoms with Gasteiger partial charge in [-0.2, -0.15) is 5.10 Å². The third-order valence-electron chi connectivity index (χ3n) is 2.69. The monoisotopic (exact) mass is 250 g/mol. The van der Waals surface area contributed by atoms with E-state index in [0.717, 1.165) is 5.69 Å². The van der Waals surface area contributed by atoms with Crippen molar-refractivity contribution in [2.75, 3.05) is 0 Å². The summed E-state index contributed by atoms with van der Waals surface area (Å²) in [6, 6.07) is 12.8. The second kappa shape index (κ2) is 4.81. The molecule has 0 unspecified atom stereocenters. The smallest absolute Gasteiger partial charge is 0.229 e. The van der Waals surface area contributed by atoms with Crippen molar-refractivity contribution in [3.05, 3.63) is 72.6 Å². The average molecular weight is 250 g/mol. The number of hydrogen-bond acceptors (Lipinski definition) is 4. The molecule has 0 N–H and O–H groups in total. The van der Waals surface area contributed by atoms with Crippen LogP contribution in [0.25, 0.3) is 5.69 Å². The zero-order valence-corrected chi connectivity index (χ0v) is 9.97. The quantitative estimate of drug-likeness (QED) is 0.666. The first-order chi connectivity index (χ1) is 9.36. The summed E-state index contributed by atoms with van der Waals surface area (Å²) in [6.45, 7) is 0. The number of rotatable bonds is 3. The summed E-state index contributed by atoms with van der Waals surface area (Å²) in [4.78, 5) is 20.1. The van der Waals surface area contributed by atoms with Crippen LogP contribution in [-0.4, -0.2) is 25.5 Å². The first-order valence-electron chi connectivity index (χ1n) is 5.76. The first kappa shape index (κ1) is 11.3. The van der Waals surface area contributed by atoms with Crippen LogP contribution in [0, 0.1) is 0 Å². The molecule has 0 spiro atoms. The lowest BCUT2D eigenvalue weighted by atomic mass is 10.2. The zero-order valence-electron chi connectivity index (χ0n) is 9.97. The fourth-order valence-electron chi connectivity index (χ4n) is 1.81. The molecule has 0 saturated carbocycles. The summed E-state index contributed by atoms with van der Waals surface area (Å²) in [5.41, 5.74) is 1.67. The Morgan fingerprint density at radius 1 is 1.00 bits per heavy atom. The number of carbonyl (C=O) groups excluding carboxylic acids is 1. The largest absolute Gasteiger partial charge is 0.285 e. The molecule has 5 heteroatoms. The maximum Gasteiger partial charge on any atom is 0.229 e. The molecule has 5 nitrogen and oxygen atoms in total. The van der Waals surface area contributed by atoms with Crippen molar-refractivity contribution in [1.82, 2.24) is 19.7 Å². The van der Waals surface area contributed by atoms with Gasteiger partial charge in [-0.1, -0.05) is 18.2 Å². The third-order valence-corrected chi connectivity index (χ3v) is 2.69. The van der Waals surface area contributed by atoms with Crippen LogP contribution < -0.4 is 0 Å². The SMILES string of the molecule is O=C(c1ccncn1)c1ccnn1-c1ccccc1. The topological polar surface area (TPSA) is 60.7 Å². The van der Waals surface area contributed by atoms with Gasteiger partial charge in [0.05, 0.1) is 11.9 Å². The highest BCUT2D eigenvalue weighted by atomic mass is 16.1. The van der Waals surface area contributed by atoms with E-state index in [4.69, 9.17) is 0 Å². The van der Waals surface area contributed by atoms with E-state index in [1.807, 2.05) is 30.3 Å². The molecular formula is C14H10N4O. The average Bonchev–Trinajstić information content (AvgIpc) is 2.98. The van der Waals surface area contributed by atoms with Gasteiger partial charge in [-0.25, -0.2) is 14.6 Å². The van der Waals surface area contributed by atoms with Crippen LogP contribution in [0.15, 0.2) is 61.2 Å². The maximum absolute atomic E-state index is 12.4. The van der Waals surface area contributed by atoms with Gasteiger partial charge in [-0.3, -0.25) is 4.79 Å². The van der Waals surface area contributed by atoms with Crippen LogP contribution in [0.5, 0.6) is 0 Å². The van der Waals surface area contributed by atoms with Gasteiger partial charge in [-0.05, 0) is 24.3 Å². The maximum atomic E-state index is 12.4. The van der Waals surface area contributed by atoms with Gasteiger partial charge in [0.1, 0.15) is 17.7 Å². The van der Waals surface area contributed by atoms with E-state index in [1.54, 1.807) is 29.2 Å². The van der Waals surface area contributed by atoms with E-state index in [2.05, 4.69) is 15.1 Å². The van der Waals surface area contributed by atoms with Crippen molar-refractivity contribution in [1.29, 1.82) is 0 Å². The van der Waals surface area contributed by atoms with Crippen molar-refractivity contribution < 1.29 is 4.79 Å². The van der Waals surface area contributed by atoms with Gasteiger partial charge in [0.15, 0.2) is 0 Å². The molecule has 2 heterocycles. The fourth-order valence-corrected chi connectivity index (χ4v) is 1.81. The minimum absolute atomic E-state index is 0.177. The lowest BCUT2D eigenvalue weighted by Crippen LogP contribution is -2.11. The van der Waals surface area contributed by atoms with Gasteiger partial charge < -0.3 is 0 Å². The molecule has 0 atom stereocenters. The van der Waals surface area contributed by atoms with E-state index in [9.17, 15) is 4.79 Å². The highest BCUT2D eigenvalue weighted by Crippen LogP contribution is 2.12. The van der Waals surface area contributed by atoms with Crippen molar-refractivity contribution >= 4 is 5.78 Å². The highest BCUT2D eigenvalue weighted by Gasteiger charge is 2.16. The molecule has 2 aromatic heterocycles. The Bertz CT molecular complexity index is 692. The Hall–Kier alpha value is -2.82. The first-order valence-corrected chi connectivity index (χ1v) is 5.76. The standard InChI is InChI=1S/C14H10N4O/c19-14(12-6-8-15-10-16-12)13-7-9-17-18(13)11-4-2-1-3-5-11/h1-10H. The molecule has 0 bridgehead atoms. The van der Waals surface area contributed by atoms with Crippen LogP contribution in [0.3, 0.4) is 0 Å². The Morgan fingerprint density at radius 3 is 2.58 bits per heavy atom. The number of nitrogens with zero attached hydrogens (tertiary/aromatic N) is 4. The number of para-hydroxylation sites is 1. The Labute approximate surface area is 109 Å². The van der Waals surface area contributed by atoms with Crippen LogP contribution in [-0.2, 0) is 0 Å². The van der Waals surface area contributed by atoms with E-state index in [-0.39, 0.29) is 5.78 Å². The molecule has 19 heavy (non-hydrogen) atoms. The number of benzene rings is 1. The molecule has 92 valence electrons. The summed E-state index contributed by atoms with van der Waals surface area (Å²) in [5, 5.41) is 4.19. The second-order valence-corrected chi connectivity index (χ2v) is 3.89. The van der Waals surface area contributed by atoms with E-state index < -0.39 is 0 Å². The summed E-state index contributed by atoms with van der Waals surface area (Å²) in [7, 11) is 0. The Morgan fingerprint density at radius 2 is 1.84 bits per heavy atom. The summed E-state index contributed by atoms with van der Waals surface area (Å²) < 4.78 is 1.60. The molecule has 1 aromatic carbocycles. The van der Waals surface area contributed by atoms with E-state index in [1.165, 1.54) is 6.33 Å². The van der Waals surface area contributed by atoms with E-state index in [0.29, 0.717) is 11.4 Å². The van der Waals surface area contributed by atoms with Gasteiger partial charge in [0.2, 0.25) is 5.78 Å². The minimum Gasteiger partial charge on any atom is -0.285 e. The third kappa shape index (κ3) is 2.13. The predicted octanol–water partition coefficient (Wildman–Crippen LogP) is 1.89. The predicted molar refractivity (Wildman–Crippen MR) is 69.0 cm³/mol. The van der Waals surface area contributed by atoms with Crippen molar-refractivity contribution in [3.8, 4) is 5.69 Å². The van der Waals surface area contributed by atoms with Crippen LogP contribution in [0.2, 0.25) is 0 Å².